The van der Waals surface area contributed by atoms with E-state index in [2.05, 4.69) is 39.5 Å². The number of hydrogen-bond acceptors (Lipinski definition) is 4. The monoisotopic (exact) mass is 378 g/mol. The van der Waals surface area contributed by atoms with Gasteiger partial charge in [0, 0.05) is 44.9 Å². The predicted molar refractivity (Wildman–Crippen MR) is 108 cm³/mol. The van der Waals surface area contributed by atoms with E-state index in [-0.39, 0.29) is 17.9 Å². The number of amides is 2. The molecule has 1 atom stereocenters. The number of anilines is 1. The van der Waals surface area contributed by atoms with E-state index < -0.39 is 0 Å². The fraction of sp³-hybridized carbons (Fsp3) is 0.409. The Morgan fingerprint density at radius 1 is 1.14 bits per heavy atom. The molecule has 0 radical (unpaired) electrons. The average Bonchev–Trinajstić information content (AvgIpc) is 3.22. The number of carbonyl (C=O) groups is 2. The molecule has 2 aliphatic heterocycles. The van der Waals surface area contributed by atoms with E-state index in [1.54, 1.807) is 11.1 Å². The smallest absolute Gasteiger partial charge is 0.243 e. The standard InChI is InChI=1S/C22H26N4O2/c1-16(27)26-12-5-9-20(26)22(28)24-14-18-8-4-11-23-21(18)25-13-10-17-6-2-3-7-19(17)15-25/h2-4,6-8,11,20H,5,9-10,12-15H2,1H3,(H,24,28)/t20-/m0/s1. The van der Waals surface area contributed by atoms with Crippen molar-refractivity contribution < 1.29 is 9.59 Å². The molecule has 146 valence electrons. The molecular weight excluding hydrogens is 352 g/mol. The molecule has 4 rings (SSSR count). The van der Waals surface area contributed by atoms with Crippen LogP contribution in [0.25, 0.3) is 0 Å². The molecule has 6 nitrogen and oxygen atoms in total. The van der Waals surface area contributed by atoms with Crippen molar-refractivity contribution in [2.24, 2.45) is 0 Å². The van der Waals surface area contributed by atoms with Crippen LogP contribution >= 0.6 is 0 Å². The van der Waals surface area contributed by atoms with Crippen LogP contribution < -0.4 is 10.2 Å². The van der Waals surface area contributed by atoms with Crippen LogP contribution in [0.1, 0.15) is 36.5 Å². The van der Waals surface area contributed by atoms with Crippen LogP contribution in [0, 0.1) is 0 Å². The molecule has 2 amide bonds. The van der Waals surface area contributed by atoms with E-state index >= 15 is 0 Å². The highest BCUT2D eigenvalue weighted by atomic mass is 16.2. The molecule has 3 heterocycles. The third kappa shape index (κ3) is 3.72. The number of aromatic nitrogens is 1. The van der Waals surface area contributed by atoms with Crippen LogP contribution in [-0.4, -0.2) is 40.8 Å². The molecule has 1 saturated heterocycles. The van der Waals surface area contributed by atoms with Crippen molar-refractivity contribution in [2.45, 2.75) is 45.3 Å². The SMILES string of the molecule is CC(=O)N1CCC[C@H]1C(=O)NCc1cccnc1N1CCc2ccccc2C1. The Kier molecular flexibility index (Phi) is 5.28. The van der Waals surface area contributed by atoms with Crippen LogP contribution in [0.5, 0.6) is 0 Å². The Hall–Kier alpha value is -2.89. The highest BCUT2D eigenvalue weighted by Crippen LogP contribution is 2.25. The van der Waals surface area contributed by atoms with Gasteiger partial charge in [-0.05, 0) is 36.5 Å². The van der Waals surface area contributed by atoms with Gasteiger partial charge in [-0.1, -0.05) is 30.3 Å². The first-order valence-electron chi connectivity index (χ1n) is 9.94. The van der Waals surface area contributed by atoms with Crippen LogP contribution in [0.15, 0.2) is 42.6 Å². The normalized spacial score (nSPS) is 18.7. The van der Waals surface area contributed by atoms with Gasteiger partial charge < -0.3 is 15.1 Å². The number of likely N-dealkylation sites (tertiary alicyclic amines) is 1. The molecule has 6 heteroatoms. The zero-order valence-corrected chi connectivity index (χ0v) is 16.2. The van der Waals surface area contributed by atoms with E-state index in [0.717, 1.165) is 43.7 Å². The van der Waals surface area contributed by atoms with Gasteiger partial charge in [0.05, 0.1) is 0 Å². The largest absolute Gasteiger partial charge is 0.352 e. The fourth-order valence-corrected chi connectivity index (χ4v) is 4.25. The van der Waals surface area contributed by atoms with Crippen LogP contribution in [0.4, 0.5) is 5.82 Å². The molecule has 0 saturated carbocycles. The molecule has 1 aromatic heterocycles. The van der Waals surface area contributed by atoms with Crippen LogP contribution in [0.2, 0.25) is 0 Å². The van der Waals surface area contributed by atoms with Gasteiger partial charge in [-0.15, -0.1) is 0 Å². The second-order valence-electron chi connectivity index (χ2n) is 7.51. The van der Waals surface area contributed by atoms with Gasteiger partial charge in [-0.2, -0.15) is 0 Å². The van der Waals surface area contributed by atoms with E-state index in [1.165, 1.54) is 18.1 Å². The number of nitrogens with one attached hydrogen (secondary N) is 1. The Morgan fingerprint density at radius 2 is 1.96 bits per heavy atom. The molecule has 1 fully saturated rings. The molecule has 0 aliphatic carbocycles. The number of rotatable bonds is 4. The summed E-state index contributed by atoms with van der Waals surface area (Å²) in [4.78, 5) is 32.9. The molecule has 2 aromatic rings. The highest BCUT2D eigenvalue weighted by Gasteiger charge is 2.32. The van der Waals surface area contributed by atoms with E-state index in [9.17, 15) is 9.59 Å². The van der Waals surface area contributed by atoms with E-state index in [1.807, 2.05) is 12.1 Å². The van der Waals surface area contributed by atoms with Gasteiger partial charge in [-0.25, -0.2) is 4.98 Å². The lowest BCUT2D eigenvalue weighted by atomic mass is 9.99. The first-order chi connectivity index (χ1) is 13.6. The van der Waals surface area contributed by atoms with E-state index in [4.69, 9.17) is 0 Å². The fourth-order valence-electron chi connectivity index (χ4n) is 4.25. The quantitative estimate of drug-likeness (QED) is 0.886. The van der Waals surface area contributed by atoms with E-state index in [0.29, 0.717) is 13.1 Å². The topological polar surface area (TPSA) is 65.5 Å². The van der Waals surface area contributed by atoms with Gasteiger partial charge in [0.25, 0.3) is 0 Å². The van der Waals surface area contributed by atoms with Gasteiger partial charge in [0.2, 0.25) is 11.8 Å². The maximum Gasteiger partial charge on any atom is 0.243 e. The minimum atomic E-state index is -0.348. The Balaban J connectivity index is 1.45. The third-order valence-electron chi connectivity index (χ3n) is 5.71. The summed E-state index contributed by atoms with van der Waals surface area (Å²) < 4.78 is 0. The average molecular weight is 378 g/mol. The zero-order chi connectivity index (χ0) is 19.5. The maximum atomic E-state index is 12.6. The molecule has 2 aliphatic rings. The van der Waals surface area contributed by atoms with Crippen molar-refractivity contribution in [1.29, 1.82) is 0 Å². The van der Waals surface area contributed by atoms with Crippen molar-refractivity contribution in [3.8, 4) is 0 Å². The van der Waals surface area contributed by atoms with Crippen molar-refractivity contribution in [1.82, 2.24) is 15.2 Å². The molecular formula is C22H26N4O2. The number of carbonyl (C=O) groups excluding carboxylic acids is 2. The van der Waals surface area contributed by atoms with Gasteiger partial charge in [0.15, 0.2) is 0 Å². The highest BCUT2D eigenvalue weighted by molar-refractivity contribution is 5.87. The summed E-state index contributed by atoms with van der Waals surface area (Å²) in [6.07, 6.45) is 4.40. The number of fused-ring (bicyclic) bond motifs is 1. The molecule has 0 spiro atoms. The molecule has 1 aromatic carbocycles. The summed E-state index contributed by atoms with van der Waals surface area (Å²) in [5.74, 6) is 0.811. The number of hydrogen-bond donors (Lipinski definition) is 1. The second-order valence-corrected chi connectivity index (χ2v) is 7.51. The Morgan fingerprint density at radius 3 is 2.79 bits per heavy atom. The van der Waals surface area contributed by atoms with Crippen molar-refractivity contribution >= 4 is 17.6 Å². The number of benzene rings is 1. The zero-order valence-electron chi connectivity index (χ0n) is 16.2. The predicted octanol–water partition coefficient (Wildman–Crippen LogP) is 2.27. The van der Waals surface area contributed by atoms with Gasteiger partial charge >= 0.3 is 0 Å². The van der Waals surface area contributed by atoms with Crippen LogP contribution in [0.3, 0.4) is 0 Å². The number of pyridine rings is 1. The van der Waals surface area contributed by atoms with Gasteiger partial charge in [0.1, 0.15) is 11.9 Å². The molecule has 1 N–H and O–H groups in total. The molecule has 0 bridgehead atoms. The summed E-state index contributed by atoms with van der Waals surface area (Å²) in [5, 5.41) is 3.02. The number of nitrogens with zero attached hydrogens (tertiary/aromatic N) is 3. The minimum absolute atomic E-state index is 0.0355. The van der Waals surface area contributed by atoms with Gasteiger partial charge in [-0.3, -0.25) is 9.59 Å². The summed E-state index contributed by atoms with van der Waals surface area (Å²) in [6, 6.07) is 12.1. The van der Waals surface area contributed by atoms with Crippen LogP contribution in [-0.2, 0) is 29.1 Å². The second kappa shape index (κ2) is 8.00. The maximum absolute atomic E-state index is 12.6. The third-order valence-corrected chi connectivity index (χ3v) is 5.71. The lowest BCUT2D eigenvalue weighted by molar-refractivity contribution is -0.136. The summed E-state index contributed by atoms with van der Waals surface area (Å²) in [6.45, 7) is 4.35. The molecule has 28 heavy (non-hydrogen) atoms. The Bertz CT molecular complexity index is 882. The van der Waals surface area contributed by atoms with Crippen molar-refractivity contribution in [2.75, 3.05) is 18.0 Å². The first kappa shape index (κ1) is 18.5. The minimum Gasteiger partial charge on any atom is -0.352 e. The first-order valence-corrected chi connectivity index (χ1v) is 9.94. The van der Waals surface area contributed by atoms with Crippen molar-refractivity contribution in [3.05, 3.63) is 59.3 Å². The Labute approximate surface area is 165 Å². The summed E-state index contributed by atoms with van der Waals surface area (Å²) >= 11 is 0. The summed E-state index contributed by atoms with van der Waals surface area (Å²) in [5.41, 5.74) is 3.73. The van der Waals surface area contributed by atoms with Crippen molar-refractivity contribution in [3.63, 3.8) is 0 Å². The lowest BCUT2D eigenvalue weighted by Crippen LogP contribution is -2.45. The summed E-state index contributed by atoms with van der Waals surface area (Å²) in [7, 11) is 0. The lowest BCUT2D eigenvalue weighted by Gasteiger charge is -2.31. The molecule has 0 unspecified atom stereocenters.